The van der Waals surface area contributed by atoms with Gasteiger partial charge in [-0.15, -0.1) is 0 Å². The number of rotatable bonds is 6. The van der Waals surface area contributed by atoms with E-state index in [0.29, 0.717) is 6.04 Å². The van der Waals surface area contributed by atoms with Crippen LogP contribution in [0.25, 0.3) is 0 Å². The van der Waals surface area contributed by atoms with Gasteiger partial charge in [0.25, 0.3) is 0 Å². The molecule has 0 amide bonds. The van der Waals surface area contributed by atoms with Crippen LogP contribution in [0.4, 0.5) is 0 Å². The molecule has 4 heteroatoms. The van der Waals surface area contributed by atoms with E-state index in [1.807, 2.05) is 6.07 Å². The topological polar surface area (TPSA) is 35.2 Å². The molecule has 1 heterocycles. The van der Waals surface area contributed by atoms with Gasteiger partial charge in [-0.3, -0.25) is 10.00 Å². The number of hydrogen-bond donors (Lipinski definition) is 1. The molecule has 20 heavy (non-hydrogen) atoms. The van der Waals surface area contributed by atoms with Crippen LogP contribution in [0.1, 0.15) is 29.8 Å². The maximum Gasteiger partial charge on any atom is 0.0492 e. The van der Waals surface area contributed by atoms with E-state index in [4.69, 9.17) is 0 Å². The lowest BCUT2D eigenvalue weighted by Gasteiger charge is -2.21. The van der Waals surface area contributed by atoms with Gasteiger partial charge in [0.1, 0.15) is 0 Å². The van der Waals surface area contributed by atoms with E-state index in [9.17, 15) is 0 Å². The van der Waals surface area contributed by atoms with Crippen molar-refractivity contribution in [3.05, 3.63) is 53.3 Å². The second-order valence-electron chi connectivity index (χ2n) is 5.64. The van der Waals surface area contributed by atoms with Crippen LogP contribution < -0.4 is 0 Å². The summed E-state index contributed by atoms with van der Waals surface area (Å²) in [7, 11) is 6.34. The van der Waals surface area contributed by atoms with Crippen molar-refractivity contribution in [1.82, 2.24) is 20.0 Å². The smallest absolute Gasteiger partial charge is 0.0492 e. The van der Waals surface area contributed by atoms with Crippen LogP contribution in [0.15, 0.2) is 36.5 Å². The highest BCUT2D eigenvalue weighted by molar-refractivity contribution is 5.24. The van der Waals surface area contributed by atoms with Crippen molar-refractivity contribution in [2.75, 3.05) is 21.1 Å². The number of nitrogens with one attached hydrogen (secondary N) is 1. The minimum atomic E-state index is 0.451. The van der Waals surface area contributed by atoms with Gasteiger partial charge in [-0.2, -0.15) is 5.10 Å². The third kappa shape index (κ3) is 3.92. The van der Waals surface area contributed by atoms with Crippen molar-refractivity contribution < 1.29 is 0 Å². The second kappa shape index (κ2) is 6.68. The average Bonchev–Trinajstić information content (AvgIpc) is 2.91. The number of hydrogen-bond acceptors (Lipinski definition) is 3. The Labute approximate surface area is 121 Å². The second-order valence-corrected chi connectivity index (χ2v) is 5.64. The van der Waals surface area contributed by atoms with Crippen LogP contribution in [-0.2, 0) is 13.1 Å². The highest BCUT2D eigenvalue weighted by Crippen LogP contribution is 2.18. The molecule has 1 aromatic heterocycles. The zero-order valence-corrected chi connectivity index (χ0v) is 12.8. The van der Waals surface area contributed by atoms with Crippen LogP contribution in [0.2, 0.25) is 0 Å². The summed E-state index contributed by atoms with van der Waals surface area (Å²) in [5, 5.41) is 6.97. The van der Waals surface area contributed by atoms with Gasteiger partial charge in [-0.25, -0.2) is 0 Å². The molecule has 0 aliphatic carbocycles. The molecule has 4 nitrogen and oxygen atoms in total. The highest BCUT2D eigenvalue weighted by Gasteiger charge is 2.08. The van der Waals surface area contributed by atoms with E-state index in [2.05, 4.69) is 72.3 Å². The molecule has 0 aliphatic rings. The average molecular weight is 272 g/mol. The molecule has 0 fully saturated rings. The van der Waals surface area contributed by atoms with E-state index in [1.165, 1.54) is 11.1 Å². The van der Waals surface area contributed by atoms with Crippen LogP contribution in [-0.4, -0.2) is 41.1 Å². The van der Waals surface area contributed by atoms with E-state index in [1.54, 1.807) is 6.20 Å². The number of benzene rings is 1. The zero-order valence-electron chi connectivity index (χ0n) is 12.8. The van der Waals surface area contributed by atoms with Crippen LogP contribution in [0.3, 0.4) is 0 Å². The first-order chi connectivity index (χ1) is 9.56. The summed E-state index contributed by atoms with van der Waals surface area (Å²) in [6, 6.07) is 11.4. The van der Waals surface area contributed by atoms with E-state index in [-0.39, 0.29) is 0 Å². The van der Waals surface area contributed by atoms with Crippen LogP contribution in [0, 0.1) is 0 Å². The molecule has 1 atom stereocenters. The largest absolute Gasteiger partial charge is 0.303 e. The lowest BCUT2D eigenvalue weighted by atomic mass is 10.1. The first kappa shape index (κ1) is 14.8. The molecular weight excluding hydrogens is 248 g/mol. The molecule has 0 saturated heterocycles. The van der Waals surface area contributed by atoms with Gasteiger partial charge in [0.2, 0.25) is 0 Å². The number of H-pyrrole nitrogens is 1. The number of aromatic nitrogens is 2. The van der Waals surface area contributed by atoms with Crippen molar-refractivity contribution >= 4 is 0 Å². The Hall–Kier alpha value is -1.65. The SMILES string of the molecule is C[C@H](c1ccc(CN(C)Cc2ccn[nH]2)cc1)N(C)C. The highest BCUT2D eigenvalue weighted by atomic mass is 15.2. The van der Waals surface area contributed by atoms with E-state index < -0.39 is 0 Å². The first-order valence-corrected chi connectivity index (χ1v) is 6.98. The molecule has 108 valence electrons. The Morgan fingerprint density at radius 1 is 1.05 bits per heavy atom. The van der Waals surface area contributed by atoms with Gasteiger partial charge in [0.15, 0.2) is 0 Å². The normalized spacial score (nSPS) is 13.1. The van der Waals surface area contributed by atoms with Crippen molar-refractivity contribution in [2.24, 2.45) is 0 Å². The van der Waals surface area contributed by atoms with Crippen molar-refractivity contribution in [3.8, 4) is 0 Å². The van der Waals surface area contributed by atoms with Gasteiger partial charge >= 0.3 is 0 Å². The summed E-state index contributed by atoms with van der Waals surface area (Å²) in [6.07, 6.45) is 1.79. The van der Waals surface area contributed by atoms with Gasteiger partial charge in [0, 0.05) is 31.0 Å². The van der Waals surface area contributed by atoms with Crippen molar-refractivity contribution in [2.45, 2.75) is 26.1 Å². The molecular formula is C16H24N4. The minimum Gasteiger partial charge on any atom is -0.303 e. The van der Waals surface area contributed by atoms with Crippen molar-refractivity contribution in [3.63, 3.8) is 0 Å². The van der Waals surface area contributed by atoms with Crippen LogP contribution in [0.5, 0.6) is 0 Å². The number of aromatic amines is 1. The molecule has 0 aliphatic heterocycles. The quantitative estimate of drug-likeness (QED) is 0.878. The summed E-state index contributed by atoms with van der Waals surface area (Å²) >= 11 is 0. The fraction of sp³-hybridized carbons (Fsp3) is 0.438. The molecule has 2 aromatic rings. The maximum absolute atomic E-state index is 3.97. The Balaban J connectivity index is 1.93. The van der Waals surface area contributed by atoms with Gasteiger partial charge in [0.05, 0.1) is 0 Å². The summed E-state index contributed by atoms with van der Waals surface area (Å²) in [6.45, 7) is 4.05. The summed E-state index contributed by atoms with van der Waals surface area (Å²) in [5.41, 5.74) is 3.84. The lowest BCUT2D eigenvalue weighted by Crippen LogP contribution is -2.18. The van der Waals surface area contributed by atoms with Gasteiger partial charge in [-0.1, -0.05) is 24.3 Å². The molecule has 1 N–H and O–H groups in total. The maximum atomic E-state index is 3.97. The predicted molar refractivity (Wildman–Crippen MR) is 82.3 cm³/mol. The Morgan fingerprint density at radius 3 is 2.30 bits per heavy atom. The molecule has 2 rings (SSSR count). The molecule has 0 saturated carbocycles. The van der Waals surface area contributed by atoms with Gasteiger partial charge in [-0.05, 0) is 45.3 Å². The molecule has 0 bridgehead atoms. The third-order valence-electron chi connectivity index (χ3n) is 3.69. The first-order valence-electron chi connectivity index (χ1n) is 6.98. The standard InChI is InChI=1S/C16H24N4/c1-13(19(2)3)15-7-5-14(6-8-15)11-20(4)12-16-9-10-17-18-16/h5-10,13H,11-12H2,1-4H3,(H,17,18)/t13-/m1/s1. The van der Waals surface area contributed by atoms with Gasteiger partial charge < -0.3 is 4.90 Å². The summed E-state index contributed by atoms with van der Waals surface area (Å²) < 4.78 is 0. The summed E-state index contributed by atoms with van der Waals surface area (Å²) in [4.78, 5) is 4.50. The minimum absolute atomic E-state index is 0.451. The fourth-order valence-corrected chi connectivity index (χ4v) is 2.23. The molecule has 1 aromatic carbocycles. The van der Waals surface area contributed by atoms with Crippen LogP contribution >= 0.6 is 0 Å². The monoisotopic (exact) mass is 272 g/mol. The third-order valence-corrected chi connectivity index (χ3v) is 3.69. The summed E-state index contributed by atoms with van der Waals surface area (Å²) in [5.74, 6) is 0. The molecule has 0 radical (unpaired) electrons. The van der Waals surface area contributed by atoms with E-state index in [0.717, 1.165) is 18.8 Å². The Bertz CT molecular complexity index is 502. The molecule has 0 spiro atoms. The van der Waals surface area contributed by atoms with Crippen molar-refractivity contribution in [1.29, 1.82) is 0 Å². The molecule has 0 unspecified atom stereocenters. The lowest BCUT2D eigenvalue weighted by molar-refractivity contribution is 0.313. The number of nitrogens with zero attached hydrogens (tertiary/aromatic N) is 3. The Kier molecular flexibility index (Phi) is 4.93. The zero-order chi connectivity index (χ0) is 14.5. The fourth-order valence-electron chi connectivity index (χ4n) is 2.23. The Morgan fingerprint density at radius 2 is 1.75 bits per heavy atom. The van der Waals surface area contributed by atoms with E-state index >= 15 is 0 Å². The predicted octanol–water partition coefficient (Wildman–Crippen LogP) is 2.66.